The first-order chi connectivity index (χ1) is 10.9. The molecule has 0 saturated heterocycles. The van der Waals surface area contributed by atoms with Gasteiger partial charge in [-0.15, -0.1) is 0 Å². The van der Waals surface area contributed by atoms with E-state index in [2.05, 4.69) is 27.7 Å². The first kappa shape index (κ1) is 18.1. The normalized spacial score (nSPS) is 12.3. The molecule has 0 unspecified atom stereocenters. The fourth-order valence-electron chi connectivity index (χ4n) is 2.15. The first-order valence-electron chi connectivity index (χ1n) is 8.06. The van der Waals surface area contributed by atoms with E-state index in [-0.39, 0.29) is 0 Å². The van der Waals surface area contributed by atoms with Gasteiger partial charge in [0.1, 0.15) is 0 Å². The Labute approximate surface area is 145 Å². The summed E-state index contributed by atoms with van der Waals surface area (Å²) < 4.78 is 12.2. The van der Waals surface area contributed by atoms with Crippen molar-refractivity contribution in [3.63, 3.8) is 0 Å². The summed E-state index contributed by atoms with van der Waals surface area (Å²) in [5.41, 5.74) is 2.39. The monoisotopic (exact) mass is 352 g/mol. The fraction of sp³-hybridized carbons (Fsp3) is 0.368. The molecular weight excluding hydrogens is 327 g/mol. The molecule has 126 valence electrons. The Kier molecular flexibility index (Phi) is 6.33. The molecule has 0 aromatic heterocycles. The summed E-state index contributed by atoms with van der Waals surface area (Å²) in [4.78, 5) is 0. The molecule has 0 spiro atoms. The van der Waals surface area contributed by atoms with Gasteiger partial charge in [-0.2, -0.15) is 0 Å². The van der Waals surface area contributed by atoms with E-state index in [9.17, 15) is 0 Å². The van der Waals surface area contributed by atoms with Crippen molar-refractivity contribution in [3.05, 3.63) is 59.7 Å². The second kappa shape index (κ2) is 8.04. The average molecular weight is 353 g/mol. The van der Waals surface area contributed by atoms with Gasteiger partial charge in [0.15, 0.2) is 0 Å². The third kappa shape index (κ3) is 6.05. The Balaban J connectivity index is 2.16. The minimum atomic E-state index is -2.86. The van der Waals surface area contributed by atoms with Gasteiger partial charge in [-0.1, -0.05) is 0 Å². The standard InChI is InChI=1S/C19H26ClO2P/c1-15(2)13-14-23(20,21-18-9-5-16(3)6-10-18)22-19-11-7-17(4)8-12-19/h5-12,15,23H,13-14H2,1-4H3. The summed E-state index contributed by atoms with van der Waals surface area (Å²) in [5, 5.41) is 0. The SMILES string of the molecule is Cc1ccc(O[PH](Cl)(CCC(C)C)Oc2ccc(C)cc2)cc1. The summed E-state index contributed by atoms with van der Waals surface area (Å²) in [6, 6.07) is 15.9. The second-order valence-electron chi connectivity index (χ2n) is 6.42. The molecule has 2 nitrogen and oxygen atoms in total. The maximum atomic E-state index is 6.83. The molecule has 4 heteroatoms. The third-order valence-electron chi connectivity index (χ3n) is 3.60. The quantitative estimate of drug-likeness (QED) is 0.526. The molecule has 0 aliphatic rings. The molecule has 0 aliphatic heterocycles. The van der Waals surface area contributed by atoms with Crippen LogP contribution in [0, 0.1) is 19.8 Å². The Morgan fingerprint density at radius 3 is 1.57 bits per heavy atom. The van der Waals surface area contributed by atoms with Crippen LogP contribution < -0.4 is 9.05 Å². The van der Waals surface area contributed by atoms with Gasteiger partial charge in [-0.3, -0.25) is 0 Å². The number of benzene rings is 2. The van der Waals surface area contributed by atoms with E-state index in [4.69, 9.17) is 20.3 Å². The van der Waals surface area contributed by atoms with Crippen LogP contribution in [0.3, 0.4) is 0 Å². The van der Waals surface area contributed by atoms with Crippen LogP contribution in [-0.4, -0.2) is 6.16 Å². The molecule has 0 saturated carbocycles. The average Bonchev–Trinajstić information content (AvgIpc) is 2.50. The molecule has 0 amide bonds. The molecule has 0 fully saturated rings. The molecule has 2 aromatic rings. The van der Waals surface area contributed by atoms with Crippen molar-refractivity contribution < 1.29 is 9.05 Å². The number of rotatable bonds is 7. The first-order valence-corrected chi connectivity index (χ1v) is 11.1. The van der Waals surface area contributed by atoms with Gasteiger partial charge in [-0.05, 0) is 0 Å². The third-order valence-corrected chi connectivity index (χ3v) is 6.60. The predicted octanol–water partition coefficient (Wildman–Crippen LogP) is 6.54. The minimum absolute atomic E-state index is 0.559. The number of halogens is 1. The van der Waals surface area contributed by atoms with E-state index in [0.29, 0.717) is 5.92 Å². The van der Waals surface area contributed by atoms with Crippen molar-refractivity contribution in [1.29, 1.82) is 0 Å². The Morgan fingerprint density at radius 1 is 0.826 bits per heavy atom. The predicted molar refractivity (Wildman–Crippen MR) is 102 cm³/mol. The Bertz CT molecular complexity index is 561. The van der Waals surface area contributed by atoms with Crippen molar-refractivity contribution >= 4 is 18.3 Å². The van der Waals surface area contributed by atoms with Crippen LogP contribution in [0.15, 0.2) is 48.5 Å². The number of hydrogen-bond acceptors (Lipinski definition) is 2. The number of aryl methyl sites for hydroxylation is 2. The van der Waals surface area contributed by atoms with Gasteiger partial charge in [0.05, 0.1) is 0 Å². The molecule has 0 aliphatic carbocycles. The van der Waals surface area contributed by atoms with E-state index < -0.39 is 7.07 Å². The van der Waals surface area contributed by atoms with Crippen LogP contribution in [0.25, 0.3) is 0 Å². The van der Waals surface area contributed by atoms with Crippen molar-refractivity contribution in [2.45, 2.75) is 34.1 Å². The summed E-state index contributed by atoms with van der Waals surface area (Å²) in [7, 11) is -2.86. The van der Waals surface area contributed by atoms with E-state index in [1.54, 1.807) is 0 Å². The van der Waals surface area contributed by atoms with E-state index >= 15 is 0 Å². The molecule has 2 rings (SSSR count). The summed E-state index contributed by atoms with van der Waals surface area (Å²) in [6.07, 6.45) is 1.72. The molecule has 23 heavy (non-hydrogen) atoms. The molecule has 0 bridgehead atoms. The van der Waals surface area contributed by atoms with Crippen LogP contribution in [0.5, 0.6) is 11.5 Å². The fourth-order valence-corrected chi connectivity index (χ4v) is 5.15. The molecule has 0 atom stereocenters. The molecule has 0 heterocycles. The van der Waals surface area contributed by atoms with Gasteiger partial charge in [-0.25, -0.2) is 0 Å². The van der Waals surface area contributed by atoms with Gasteiger partial charge >= 0.3 is 145 Å². The topological polar surface area (TPSA) is 18.5 Å². The van der Waals surface area contributed by atoms with Crippen LogP contribution >= 0.6 is 18.3 Å². The zero-order valence-corrected chi connectivity index (χ0v) is 16.1. The van der Waals surface area contributed by atoms with Gasteiger partial charge in [0.2, 0.25) is 0 Å². The maximum absolute atomic E-state index is 6.83. The van der Waals surface area contributed by atoms with Crippen molar-refractivity contribution in [2.75, 3.05) is 6.16 Å². The zero-order chi connectivity index (χ0) is 16.9. The van der Waals surface area contributed by atoms with Crippen molar-refractivity contribution in [2.24, 2.45) is 5.92 Å². The van der Waals surface area contributed by atoms with E-state index in [1.807, 2.05) is 48.5 Å². The molecule has 0 radical (unpaired) electrons. The van der Waals surface area contributed by atoms with Crippen LogP contribution in [0.1, 0.15) is 31.4 Å². The van der Waals surface area contributed by atoms with E-state index in [0.717, 1.165) is 24.1 Å². The summed E-state index contributed by atoms with van der Waals surface area (Å²) in [6.45, 7) is 8.47. The molecular formula is C19H26ClO2P. The second-order valence-corrected chi connectivity index (χ2v) is 10.4. The van der Waals surface area contributed by atoms with Crippen LogP contribution in [0.2, 0.25) is 0 Å². The van der Waals surface area contributed by atoms with Crippen molar-refractivity contribution in [3.8, 4) is 11.5 Å². The van der Waals surface area contributed by atoms with Gasteiger partial charge in [0.25, 0.3) is 0 Å². The zero-order valence-electron chi connectivity index (χ0n) is 14.3. The van der Waals surface area contributed by atoms with Gasteiger partial charge in [0, 0.05) is 0 Å². The Morgan fingerprint density at radius 2 is 1.22 bits per heavy atom. The number of hydrogen-bond donors (Lipinski definition) is 0. The van der Waals surface area contributed by atoms with E-state index in [1.165, 1.54) is 11.1 Å². The van der Waals surface area contributed by atoms with Crippen molar-refractivity contribution in [1.82, 2.24) is 0 Å². The molecule has 2 aromatic carbocycles. The summed E-state index contributed by atoms with van der Waals surface area (Å²) in [5.74, 6) is 2.10. The van der Waals surface area contributed by atoms with Crippen LogP contribution in [0.4, 0.5) is 0 Å². The van der Waals surface area contributed by atoms with Gasteiger partial charge < -0.3 is 0 Å². The van der Waals surface area contributed by atoms with Crippen LogP contribution in [-0.2, 0) is 0 Å². The Hall–Kier alpha value is -1.24. The molecule has 0 N–H and O–H groups in total. The summed E-state index contributed by atoms with van der Waals surface area (Å²) >= 11 is 6.83.